The number of likely N-dealkylation sites (tertiary alicyclic amines) is 1. The van der Waals surface area contributed by atoms with Gasteiger partial charge in [-0.15, -0.1) is 0 Å². The molecule has 0 aliphatic carbocycles. The number of halogens is 8. The molecule has 0 bridgehead atoms. The number of aliphatic carboxylic acids is 2. The summed E-state index contributed by atoms with van der Waals surface area (Å²) in [6.07, 6.45) is -8.36. The molecule has 0 unspecified atom stereocenters. The van der Waals surface area contributed by atoms with E-state index in [1.54, 1.807) is 49.1 Å². The molecule has 0 atom stereocenters. The summed E-state index contributed by atoms with van der Waals surface area (Å²) in [6, 6.07) is 20.8. The molecule has 6 rings (SSSR count). The Bertz CT molecular complexity index is 2430. The lowest BCUT2D eigenvalue weighted by molar-refractivity contribution is -0.192. The summed E-state index contributed by atoms with van der Waals surface area (Å²) in [4.78, 5) is 59.5. The summed E-state index contributed by atoms with van der Waals surface area (Å²) in [7, 11) is 0. The summed E-state index contributed by atoms with van der Waals surface area (Å²) < 4.78 is 98.9. The summed E-state index contributed by atoms with van der Waals surface area (Å²) in [6.45, 7) is 4.39. The van der Waals surface area contributed by atoms with Crippen molar-refractivity contribution in [3.63, 3.8) is 0 Å². The lowest BCUT2D eigenvalue weighted by atomic mass is 9.94. The Kier molecular flexibility index (Phi) is 14.0. The van der Waals surface area contributed by atoms with Crippen LogP contribution in [0.5, 0.6) is 0 Å². The highest BCUT2D eigenvalue weighted by molar-refractivity contribution is 5.88. The summed E-state index contributed by atoms with van der Waals surface area (Å²) in [5.74, 6) is -5.57. The van der Waals surface area contributed by atoms with Gasteiger partial charge in [0.25, 0.3) is 5.56 Å². The van der Waals surface area contributed by atoms with E-state index in [4.69, 9.17) is 9.90 Å². The number of nitrogens with zero attached hydrogens (tertiary/aromatic N) is 3. The molecule has 0 radical (unpaired) electrons. The van der Waals surface area contributed by atoms with Gasteiger partial charge < -0.3 is 20.1 Å². The van der Waals surface area contributed by atoms with Crippen molar-refractivity contribution in [2.45, 2.75) is 76.4 Å². The zero-order valence-electron chi connectivity index (χ0n) is 32.7. The number of alkyl halides is 6. The van der Waals surface area contributed by atoms with Gasteiger partial charge in [-0.3, -0.25) is 19.3 Å². The van der Waals surface area contributed by atoms with E-state index in [9.17, 15) is 54.6 Å². The number of H-pyrrole nitrogens is 1. The molecule has 1 saturated heterocycles. The maximum atomic E-state index is 14.3. The number of amides is 1. The third-order valence-electron chi connectivity index (χ3n) is 10.5. The summed E-state index contributed by atoms with van der Waals surface area (Å²) in [5.41, 5.74) is 0.772. The number of aromatic nitrogens is 2. The van der Waals surface area contributed by atoms with Gasteiger partial charge >= 0.3 is 24.3 Å². The minimum absolute atomic E-state index is 0.110. The predicted octanol–water partition coefficient (Wildman–Crippen LogP) is 8.20. The first kappa shape index (κ1) is 45.9. The molecule has 3 N–H and O–H groups in total. The maximum Gasteiger partial charge on any atom is 0.490 e. The number of piperidine rings is 1. The Morgan fingerprint density at radius 2 is 1.34 bits per heavy atom. The van der Waals surface area contributed by atoms with Crippen LogP contribution in [0.4, 0.5) is 35.1 Å². The van der Waals surface area contributed by atoms with Gasteiger partial charge in [0, 0.05) is 32.1 Å². The standard InChI is InChI=1S/C41H39F5N4O4.C2HF3O2/c1-40(2,39(53)54)49-21-19-31(20-22-49)50(24-25-9-11-26(12-10-25)27-13-16-30(17-14-27)41(44,45)46)35(51)23-29-6-4-8-33-36(29)38(52)48-34(47-33)18-15-28-5-3-7-32(42)37(28)43;3-2(4,5)1(6)7/h3-14,16-17,31H,15,18-24H2,1-2H3,(H,53,54)(H,47,48,52);(H,6,7). The molecule has 1 aromatic heterocycles. The van der Waals surface area contributed by atoms with Gasteiger partial charge in [-0.2, -0.15) is 26.3 Å². The number of carbonyl (C=O) groups excluding carboxylic acids is 1. The Hall–Kier alpha value is -6.17. The van der Waals surface area contributed by atoms with E-state index in [2.05, 4.69) is 9.97 Å². The lowest BCUT2D eigenvalue weighted by Gasteiger charge is -2.43. The lowest BCUT2D eigenvalue weighted by Crippen LogP contribution is -2.56. The van der Waals surface area contributed by atoms with E-state index in [-0.39, 0.29) is 54.5 Å². The average molecular weight is 861 g/mol. The van der Waals surface area contributed by atoms with Crippen LogP contribution >= 0.6 is 0 Å². The molecule has 0 saturated carbocycles. The molecular weight excluding hydrogens is 820 g/mol. The van der Waals surface area contributed by atoms with Crippen LogP contribution in [-0.4, -0.2) is 78.7 Å². The van der Waals surface area contributed by atoms with Crippen LogP contribution in [0.3, 0.4) is 0 Å². The van der Waals surface area contributed by atoms with E-state index >= 15 is 0 Å². The first-order valence-electron chi connectivity index (χ1n) is 18.8. The Labute approximate surface area is 343 Å². The second kappa shape index (κ2) is 18.6. The fourth-order valence-corrected chi connectivity index (χ4v) is 6.98. The van der Waals surface area contributed by atoms with Gasteiger partial charge in [-0.25, -0.2) is 18.6 Å². The Morgan fingerprint density at radius 3 is 1.90 bits per heavy atom. The number of carboxylic acid groups (broad SMARTS) is 2. The molecule has 2 heterocycles. The minimum Gasteiger partial charge on any atom is -0.480 e. The molecule has 1 amide bonds. The van der Waals surface area contributed by atoms with Crippen molar-refractivity contribution in [1.82, 2.24) is 19.8 Å². The van der Waals surface area contributed by atoms with E-state index in [0.717, 1.165) is 23.8 Å². The molecule has 0 spiro atoms. The molecule has 1 aliphatic rings. The number of fused-ring (bicyclic) bond motifs is 1. The molecule has 61 heavy (non-hydrogen) atoms. The highest BCUT2D eigenvalue weighted by Crippen LogP contribution is 2.32. The maximum absolute atomic E-state index is 14.3. The van der Waals surface area contributed by atoms with E-state index in [0.29, 0.717) is 48.1 Å². The van der Waals surface area contributed by atoms with Crippen LogP contribution in [0.1, 0.15) is 54.8 Å². The number of carbonyl (C=O) groups is 3. The largest absolute Gasteiger partial charge is 0.490 e. The van der Waals surface area contributed by atoms with Gasteiger partial charge in [0.05, 0.1) is 22.9 Å². The molecule has 4 aromatic carbocycles. The van der Waals surface area contributed by atoms with Crippen molar-refractivity contribution < 1.29 is 59.7 Å². The quantitative estimate of drug-likeness (QED) is 0.113. The van der Waals surface area contributed by atoms with Gasteiger partial charge in [-0.1, -0.05) is 60.7 Å². The first-order valence-corrected chi connectivity index (χ1v) is 18.8. The molecule has 1 aliphatic heterocycles. The van der Waals surface area contributed by atoms with Gasteiger partial charge in [0.2, 0.25) is 5.91 Å². The van der Waals surface area contributed by atoms with Crippen LogP contribution in [0, 0.1) is 11.6 Å². The fourth-order valence-electron chi connectivity index (χ4n) is 6.98. The van der Waals surface area contributed by atoms with Gasteiger partial charge in [-0.05, 0) is 85.2 Å². The number of hydrogen-bond acceptors (Lipinski definition) is 6. The van der Waals surface area contributed by atoms with Crippen molar-refractivity contribution in [2.75, 3.05) is 13.1 Å². The molecule has 10 nitrogen and oxygen atoms in total. The number of nitrogens with one attached hydrogen (secondary N) is 1. The first-order chi connectivity index (χ1) is 28.6. The third-order valence-corrected chi connectivity index (χ3v) is 10.5. The van der Waals surface area contributed by atoms with Crippen molar-refractivity contribution in [1.29, 1.82) is 0 Å². The van der Waals surface area contributed by atoms with Crippen LogP contribution in [0.25, 0.3) is 22.0 Å². The molecule has 18 heteroatoms. The van der Waals surface area contributed by atoms with Crippen molar-refractivity contribution >= 4 is 28.7 Å². The van der Waals surface area contributed by atoms with E-state index in [1.165, 1.54) is 24.3 Å². The highest BCUT2D eigenvalue weighted by Gasteiger charge is 2.39. The summed E-state index contributed by atoms with van der Waals surface area (Å²) in [5, 5.41) is 17.1. The Balaban J connectivity index is 0.000000925. The number of aryl methyl sites for hydroxylation is 2. The molecule has 5 aromatic rings. The molecule has 1 fully saturated rings. The Morgan fingerprint density at radius 1 is 0.787 bits per heavy atom. The second-order valence-electron chi connectivity index (χ2n) is 14.9. The number of aromatic amines is 1. The zero-order valence-corrected chi connectivity index (χ0v) is 32.7. The number of rotatable bonds is 11. The van der Waals surface area contributed by atoms with Gasteiger partial charge in [0.15, 0.2) is 11.6 Å². The third kappa shape index (κ3) is 11.4. The molecule has 324 valence electrons. The molecular formula is C43H40F8N4O6. The van der Waals surface area contributed by atoms with Crippen molar-refractivity contribution in [3.05, 3.63) is 135 Å². The van der Waals surface area contributed by atoms with Crippen LogP contribution in [0.2, 0.25) is 0 Å². The zero-order chi connectivity index (χ0) is 44.9. The average Bonchev–Trinajstić information content (AvgIpc) is 3.20. The van der Waals surface area contributed by atoms with E-state index < -0.39 is 52.6 Å². The number of benzene rings is 4. The fraction of sp³-hybridized carbons (Fsp3) is 0.326. The second-order valence-corrected chi connectivity index (χ2v) is 14.9. The number of hydrogen-bond donors (Lipinski definition) is 3. The summed E-state index contributed by atoms with van der Waals surface area (Å²) >= 11 is 0. The minimum atomic E-state index is -5.08. The van der Waals surface area contributed by atoms with Crippen LogP contribution in [0.15, 0.2) is 89.7 Å². The topological polar surface area (TPSA) is 144 Å². The smallest absolute Gasteiger partial charge is 0.480 e. The van der Waals surface area contributed by atoms with Crippen LogP contribution in [-0.2, 0) is 46.4 Å². The normalized spacial score (nSPS) is 14.0. The SMILES string of the molecule is CC(C)(C(=O)O)N1CCC(N(Cc2ccc(-c3ccc(C(F)(F)F)cc3)cc2)C(=O)Cc2cccc3nc(CCc4cccc(F)c4F)[nH]c(=O)c23)CC1.O=C(O)C(F)(F)F. The van der Waals surface area contributed by atoms with Crippen LogP contribution < -0.4 is 5.56 Å². The van der Waals surface area contributed by atoms with Crippen molar-refractivity contribution in [2.24, 2.45) is 0 Å². The van der Waals surface area contributed by atoms with E-state index in [1.807, 2.05) is 17.0 Å². The predicted molar refractivity (Wildman–Crippen MR) is 207 cm³/mol. The van der Waals surface area contributed by atoms with Gasteiger partial charge in [0.1, 0.15) is 11.4 Å². The monoisotopic (exact) mass is 860 g/mol. The van der Waals surface area contributed by atoms with Crippen molar-refractivity contribution in [3.8, 4) is 11.1 Å². The number of carboxylic acids is 2. The highest BCUT2D eigenvalue weighted by atomic mass is 19.4.